The quantitative estimate of drug-likeness (QED) is 0.531. The zero-order chi connectivity index (χ0) is 16.4. The van der Waals surface area contributed by atoms with Crippen molar-refractivity contribution in [3.05, 3.63) is 47.0 Å². The predicted octanol–water partition coefficient (Wildman–Crippen LogP) is 2.57. The van der Waals surface area contributed by atoms with E-state index >= 15 is 0 Å². The first-order valence-corrected chi connectivity index (χ1v) is 7.34. The summed E-state index contributed by atoms with van der Waals surface area (Å²) in [5.41, 5.74) is 1.41. The molecule has 3 rings (SSSR count). The van der Waals surface area contributed by atoms with E-state index in [0.29, 0.717) is 18.9 Å². The molecule has 0 aliphatic rings. The first kappa shape index (κ1) is 14.9. The average molecular weight is 312 g/mol. The Kier molecular flexibility index (Phi) is 3.88. The van der Waals surface area contributed by atoms with Crippen LogP contribution in [0.1, 0.15) is 13.8 Å². The lowest BCUT2D eigenvalue weighted by atomic mass is 10.3. The largest absolute Gasteiger partial charge is 0.354 e. The lowest BCUT2D eigenvalue weighted by Gasteiger charge is -2.19. The van der Waals surface area contributed by atoms with Crippen LogP contribution >= 0.6 is 0 Å². The number of aromatic nitrogens is 4. The van der Waals surface area contributed by atoms with Crippen LogP contribution in [0.25, 0.3) is 16.9 Å². The predicted molar refractivity (Wildman–Crippen MR) is 86.9 cm³/mol. The van der Waals surface area contributed by atoms with Crippen molar-refractivity contribution in [2.75, 3.05) is 18.0 Å². The molecule has 1 aromatic carbocycles. The summed E-state index contributed by atoms with van der Waals surface area (Å²) in [5.74, 6) is 0.545. The minimum Gasteiger partial charge on any atom is -0.351 e. The van der Waals surface area contributed by atoms with Crippen molar-refractivity contribution in [2.45, 2.75) is 13.8 Å². The van der Waals surface area contributed by atoms with Gasteiger partial charge in [0.2, 0.25) is 11.6 Å². The lowest BCUT2D eigenvalue weighted by Crippen LogP contribution is -2.24. The Labute approximate surface area is 132 Å². The lowest BCUT2D eigenvalue weighted by molar-refractivity contribution is -0.384. The van der Waals surface area contributed by atoms with Gasteiger partial charge < -0.3 is 4.90 Å². The fraction of sp³-hybridized carbons (Fsp3) is 0.267. The van der Waals surface area contributed by atoms with E-state index in [2.05, 4.69) is 15.0 Å². The fourth-order valence-corrected chi connectivity index (χ4v) is 2.58. The maximum atomic E-state index is 11.7. The number of imidazole rings is 1. The molecule has 118 valence electrons. The minimum atomic E-state index is -0.433. The van der Waals surface area contributed by atoms with Crippen LogP contribution in [-0.2, 0) is 0 Å². The molecule has 8 heteroatoms. The van der Waals surface area contributed by atoms with Crippen LogP contribution in [-0.4, -0.2) is 37.5 Å². The maximum absolute atomic E-state index is 11.7. The fourth-order valence-electron chi connectivity index (χ4n) is 2.58. The van der Waals surface area contributed by atoms with E-state index in [-0.39, 0.29) is 11.5 Å². The Hall–Kier alpha value is -3.03. The molecule has 0 radical (unpaired) electrons. The topological polar surface area (TPSA) is 90.0 Å². The van der Waals surface area contributed by atoms with Gasteiger partial charge in [-0.25, -0.2) is 15.0 Å². The van der Waals surface area contributed by atoms with E-state index < -0.39 is 4.92 Å². The van der Waals surface area contributed by atoms with Gasteiger partial charge in [0.25, 0.3) is 0 Å². The second-order valence-corrected chi connectivity index (χ2v) is 4.90. The Morgan fingerprint density at radius 1 is 1.17 bits per heavy atom. The van der Waals surface area contributed by atoms with Gasteiger partial charge in [-0.05, 0) is 26.0 Å². The number of nitro groups is 1. The molecule has 2 heterocycles. The second-order valence-electron chi connectivity index (χ2n) is 4.90. The molecule has 3 aromatic rings. The van der Waals surface area contributed by atoms with Crippen LogP contribution in [0.5, 0.6) is 0 Å². The Morgan fingerprint density at radius 3 is 2.61 bits per heavy atom. The molecule has 0 fully saturated rings. The SMILES string of the molecule is CCN(CC)c1ncnc(-n2cnc3ccccc32)c1[N+](=O)[O-]. The number of fused-ring (bicyclic) bond motifs is 1. The number of anilines is 1. The Morgan fingerprint density at radius 2 is 1.91 bits per heavy atom. The molecule has 0 saturated heterocycles. The number of nitrogens with zero attached hydrogens (tertiary/aromatic N) is 6. The molecule has 0 unspecified atom stereocenters. The minimum absolute atomic E-state index is 0.112. The van der Waals surface area contributed by atoms with E-state index in [4.69, 9.17) is 0 Å². The molecule has 0 N–H and O–H groups in total. The van der Waals surface area contributed by atoms with Gasteiger partial charge in [-0.15, -0.1) is 0 Å². The summed E-state index contributed by atoms with van der Waals surface area (Å²) in [6, 6.07) is 7.43. The van der Waals surface area contributed by atoms with Crippen molar-refractivity contribution >= 4 is 22.5 Å². The molecule has 0 aliphatic heterocycles. The molecule has 0 spiro atoms. The van der Waals surface area contributed by atoms with Gasteiger partial charge in [0.1, 0.15) is 12.7 Å². The summed E-state index contributed by atoms with van der Waals surface area (Å²) in [5, 5.41) is 11.7. The highest BCUT2D eigenvalue weighted by molar-refractivity contribution is 5.79. The van der Waals surface area contributed by atoms with Crippen molar-refractivity contribution in [1.82, 2.24) is 19.5 Å². The molecular weight excluding hydrogens is 296 g/mol. The van der Waals surface area contributed by atoms with Crippen molar-refractivity contribution < 1.29 is 4.92 Å². The van der Waals surface area contributed by atoms with Crippen molar-refractivity contribution in [3.63, 3.8) is 0 Å². The van der Waals surface area contributed by atoms with E-state index in [9.17, 15) is 10.1 Å². The summed E-state index contributed by atoms with van der Waals surface area (Å²) >= 11 is 0. The number of benzene rings is 1. The Balaban J connectivity index is 2.27. The summed E-state index contributed by atoms with van der Waals surface area (Å²) in [7, 11) is 0. The molecule has 0 saturated carbocycles. The van der Waals surface area contributed by atoms with Crippen LogP contribution in [0, 0.1) is 10.1 Å². The van der Waals surface area contributed by atoms with Gasteiger partial charge in [-0.2, -0.15) is 0 Å². The number of rotatable bonds is 5. The van der Waals surface area contributed by atoms with Crippen LogP contribution in [0.15, 0.2) is 36.9 Å². The van der Waals surface area contributed by atoms with E-state index in [1.165, 1.54) is 6.33 Å². The third-order valence-corrected chi connectivity index (χ3v) is 3.71. The Bertz CT molecular complexity index is 856. The van der Waals surface area contributed by atoms with E-state index in [0.717, 1.165) is 11.0 Å². The van der Waals surface area contributed by atoms with Crippen molar-refractivity contribution in [1.29, 1.82) is 0 Å². The normalized spacial score (nSPS) is 10.9. The van der Waals surface area contributed by atoms with Crippen molar-refractivity contribution in [2.24, 2.45) is 0 Å². The average Bonchev–Trinajstić information content (AvgIpc) is 2.99. The van der Waals surface area contributed by atoms with E-state index in [1.54, 1.807) is 10.9 Å². The first-order chi connectivity index (χ1) is 11.2. The third-order valence-electron chi connectivity index (χ3n) is 3.71. The third kappa shape index (κ3) is 2.48. The summed E-state index contributed by atoms with van der Waals surface area (Å²) in [6.45, 7) is 5.11. The van der Waals surface area contributed by atoms with Gasteiger partial charge in [-0.1, -0.05) is 12.1 Å². The monoisotopic (exact) mass is 312 g/mol. The number of hydrogen-bond acceptors (Lipinski definition) is 6. The highest BCUT2D eigenvalue weighted by Gasteiger charge is 2.27. The van der Waals surface area contributed by atoms with Crippen molar-refractivity contribution in [3.8, 4) is 5.82 Å². The van der Waals surface area contributed by atoms with Crippen LogP contribution in [0.3, 0.4) is 0 Å². The second kappa shape index (κ2) is 5.99. The van der Waals surface area contributed by atoms with Gasteiger partial charge in [-0.3, -0.25) is 14.7 Å². The zero-order valence-corrected chi connectivity index (χ0v) is 12.9. The molecule has 0 aliphatic carbocycles. The maximum Gasteiger partial charge on any atom is 0.354 e. The zero-order valence-electron chi connectivity index (χ0n) is 12.9. The van der Waals surface area contributed by atoms with Gasteiger partial charge in [0.15, 0.2) is 0 Å². The molecule has 23 heavy (non-hydrogen) atoms. The summed E-state index contributed by atoms with van der Waals surface area (Å²) < 4.78 is 1.63. The van der Waals surface area contributed by atoms with Crippen LogP contribution < -0.4 is 4.90 Å². The highest BCUT2D eigenvalue weighted by atomic mass is 16.6. The van der Waals surface area contributed by atoms with E-state index in [1.807, 2.05) is 43.0 Å². The smallest absolute Gasteiger partial charge is 0.351 e. The van der Waals surface area contributed by atoms with Crippen LogP contribution in [0.4, 0.5) is 11.5 Å². The standard InChI is InChI=1S/C15H16N6O2/c1-3-19(4-2)14-13(21(22)23)15(17-9-16-14)20-10-18-11-7-5-6-8-12(11)20/h5-10H,3-4H2,1-2H3. The summed E-state index contributed by atoms with van der Waals surface area (Å²) in [4.78, 5) is 25.6. The highest BCUT2D eigenvalue weighted by Crippen LogP contribution is 2.32. The number of para-hydroxylation sites is 2. The van der Waals surface area contributed by atoms with Crippen LogP contribution in [0.2, 0.25) is 0 Å². The molecule has 2 aromatic heterocycles. The summed E-state index contributed by atoms with van der Waals surface area (Å²) in [6.07, 6.45) is 2.90. The van der Waals surface area contributed by atoms with Gasteiger partial charge in [0, 0.05) is 13.1 Å². The molecule has 0 atom stereocenters. The van der Waals surface area contributed by atoms with Gasteiger partial charge >= 0.3 is 5.69 Å². The van der Waals surface area contributed by atoms with Gasteiger partial charge in [0.05, 0.1) is 16.0 Å². The first-order valence-electron chi connectivity index (χ1n) is 7.34. The molecule has 0 bridgehead atoms. The molecule has 0 amide bonds. The molecule has 8 nitrogen and oxygen atoms in total. The number of hydrogen-bond donors (Lipinski definition) is 0. The molecular formula is C15H16N6O2.